The van der Waals surface area contributed by atoms with Gasteiger partial charge in [-0.05, 0) is 36.6 Å². The van der Waals surface area contributed by atoms with Gasteiger partial charge in [0.15, 0.2) is 0 Å². The maximum Gasteiger partial charge on any atom is 0.246 e. The molecular formula is C16H22Cl2N2Si4. The van der Waals surface area contributed by atoms with Gasteiger partial charge in [0.05, 0.1) is 0 Å². The van der Waals surface area contributed by atoms with Crippen LogP contribution in [0.5, 0.6) is 0 Å². The minimum atomic E-state index is -2.24. The Labute approximate surface area is 160 Å². The van der Waals surface area contributed by atoms with Crippen LogP contribution in [0.2, 0.25) is 26.2 Å². The average molecular weight is 426 g/mol. The summed E-state index contributed by atoms with van der Waals surface area (Å²) in [6.45, 7) is 9.25. The maximum atomic E-state index is 7.33. The monoisotopic (exact) mass is 424 g/mol. The molecule has 1 saturated heterocycles. The van der Waals surface area contributed by atoms with Gasteiger partial charge in [-0.2, -0.15) is 0 Å². The zero-order chi connectivity index (χ0) is 17.5. The summed E-state index contributed by atoms with van der Waals surface area (Å²) in [5.74, 6) is 0. The van der Waals surface area contributed by atoms with E-state index in [4.69, 9.17) is 22.2 Å². The highest BCUT2D eigenvalue weighted by Gasteiger charge is 2.65. The molecule has 2 atom stereocenters. The van der Waals surface area contributed by atoms with Crippen molar-refractivity contribution in [3.63, 3.8) is 0 Å². The average Bonchev–Trinajstić information content (AvgIpc) is 2.55. The third-order valence-corrected chi connectivity index (χ3v) is 29.3. The van der Waals surface area contributed by atoms with Crippen LogP contribution in [0.4, 0.5) is 0 Å². The van der Waals surface area contributed by atoms with E-state index in [1.807, 2.05) is 0 Å². The second-order valence-electron chi connectivity index (χ2n) is 6.42. The Balaban J connectivity index is 2.09. The molecule has 3 rings (SSSR count). The van der Waals surface area contributed by atoms with Gasteiger partial charge < -0.3 is 7.79 Å². The molecule has 0 saturated carbocycles. The highest BCUT2D eigenvalue weighted by atomic mass is 35.6. The summed E-state index contributed by atoms with van der Waals surface area (Å²) < 4.78 is 5.42. The van der Waals surface area contributed by atoms with Crippen LogP contribution >= 0.6 is 22.2 Å². The van der Waals surface area contributed by atoms with Gasteiger partial charge in [-0.15, -0.1) is 22.2 Å². The van der Waals surface area contributed by atoms with Crippen molar-refractivity contribution in [2.75, 3.05) is 0 Å². The molecule has 1 aliphatic rings. The fourth-order valence-electron chi connectivity index (χ4n) is 3.90. The molecule has 2 aromatic rings. The lowest BCUT2D eigenvalue weighted by molar-refractivity contribution is 0.689. The van der Waals surface area contributed by atoms with E-state index < -0.39 is 33.3 Å². The van der Waals surface area contributed by atoms with Crippen molar-refractivity contribution in [1.82, 2.24) is 7.79 Å². The van der Waals surface area contributed by atoms with Gasteiger partial charge in [0.1, 0.15) is 0 Å². The molecule has 0 aliphatic carbocycles. The second kappa shape index (κ2) is 6.84. The summed E-state index contributed by atoms with van der Waals surface area (Å²) in [6.07, 6.45) is 0. The second-order valence-corrected chi connectivity index (χ2v) is 22.8. The van der Waals surface area contributed by atoms with Crippen LogP contribution in [-0.4, -0.2) is 41.1 Å². The van der Waals surface area contributed by atoms with Crippen molar-refractivity contribution < 1.29 is 0 Å². The molecule has 0 amide bonds. The molecule has 0 bridgehead atoms. The first-order valence-electron chi connectivity index (χ1n) is 8.04. The molecule has 8 heteroatoms. The Bertz CT molecular complexity index is 702. The predicted octanol–water partition coefficient (Wildman–Crippen LogP) is 3.28. The summed E-state index contributed by atoms with van der Waals surface area (Å²) in [5.41, 5.74) is 0. The van der Waals surface area contributed by atoms with Crippen molar-refractivity contribution in [3.8, 4) is 0 Å². The number of benzene rings is 2. The van der Waals surface area contributed by atoms with Gasteiger partial charge >= 0.3 is 0 Å². The SMILES string of the molecule is C[Si](Cl)N1[Si](C)N([Si](C)(Cl)c2ccccc2)[Si]1(C)c1ccccc1. The molecule has 2 radical (unpaired) electrons. The van der Waals surface area contributed by atoms with Crippen LogP contribution in [0, 0.1) is 0 Å². The Morgan fingerprint density at radius 2 is 1.54 bits per heavy atom. The van der Waals surface area contributed by atoms with Crippen LogP contribution in [0.25, 0.3) is 0 Å². The first kappa shape index (κ1) is 18.6. The zero-order valence-electron chi connectivity index (χ0n) is 14.4. The lowest BCUT2D eigenvalue weighted by Crippen LogP contribution is -2.95. The Kier molecular flexibility index (Phi) is 5.30. The smallest absolute Gasteiger partial charge is 0.246 e. The first-order valence-corrected chi connectivity index (χ1v) is 18.7. The van der Waals surface area contributed by atoms with E-state index in [9.17, 15) is 0 Å². The molecular weight excluding hydrogens is 403 g/mol. The molecule has 2 aromatic carbocycles. The molecule has 2 unspecified atom stereocenters. The van der Waals surface area contributed by atoms with Crippen LogP contribution < -0.4 is 10.4 Å². The molecule has 126 valence electrons. The molecule has 0 spiro atoms. The third kappa shape index (κ3) is 2.83. The standard InChI is InChI=1S/C16H22Cl2N2Si4/c1-21(17)19-22(2)20(23(3,18)15-11-7-5-8-12-15)24(19,4)16-13-9-6-10-14-16/h5-14H,1-4H3. The van der Waals surface area contributed by atoms with Crippen molar-refractivity contribution in [1.29, 1.82) is 0 Å². The lowest BCUT2D eigenvalue weighted by Gasteiger charge is -2.67. The lowest BCUT2D eigenvalue weighted by atomic mass is 10.4. The van der Waals surface area contributed by atoms with Crippen LogP contribution in [0.15, 0.2) is 60.7 Å². The quantitative estimate of drug-likeness (QED) is 0.548. The van der Waals surface area contributed by atoms with Gasteiger partial charge in [-0.3, -0.25) is 0 Å². The van der Waals surface area contributed by atoms with Crippen LogP contribution in [0.3, 0.4) is 0 Å². The summed E-state index contributed by atoms with van der Waals surface area (Å²) in [5, 5.41) is 2.71. The van der Waals surface area contributed by atoms with E-state index in [1.54, 1.807) is 0 Å². The largest absolute Gasteiger partial charge is 0.330 e. The molecule has 0 N–H and O–H groups in total. The number of hydrogen-bond acceptors (Lipinski definition) is 2. The summed E-state index contributed by atoms with van der Waals surface area (Å²) in [7, 11) is -6.13. The minimum Gasteiger partial charge on any atom is -0.330 e. The summed E-state index contributed by atoms with van der Waals surface area (Å²) >= 11 is 14.0. The molecule has 1 fully saturated rings. The van der Waals surface area contributed by atoms with Gasteiger partial charge in [0.2, 0.25) is 33.3 Å². The van der Waals surface area contributed by atoms with Crippen LogP contribution in [0.1, 0.15) is 0 Å². The van der Waals surface area contributed by atoms with E-state index >= 15 is 0 Å². The molecule has 0 aromatic heterocycles. The summed E-state index contributed by atoms with van der Waals surface area (Å²) in [6, 6.07) is 21.5. The molecule has 2 nitrogen and oxygen atoms in total. The molecule has 1 heterocycles. The maximum absolute atomic E-state index is 7.33. The fraction of sp³-hybridized carbons (Fsp3) is 0.250. The summed E-state index contributed by atoms with van der Waals surface area (Å²) in [4.78, 5) is 0. The Hall–Kier alpha value is -0.192. The van der Waals surface area contributed by atoms with Gasteiger partial charge in [-0.25, -0.2) is 0 Å². The highest BCUT2D eigenvalue weighted by Crippen LogP contribution is 2.38. The van der Waals surface area contributed by atoms with E-state index in [0.29, 0.717) is 0 Å². The Morgan fingerprint density at radius 1 is 1.04 bits per heavy atom. The minimum absolute atomic E-state index is 0.855. The number of halogens is 2. The van der Waals surface area contributed by atoms with Gasteiger partial charge in [0, 0.05) is 0 Å². The number of hydrogen-bond donors (Lipinski definition) is 0. The van der Waals surface area contributed by atoms with Crippen molar-refractivity contribution in [2.45, 2.75) is 26.2 Å². The van der Waals surface area contributed by atoms with Gasteiger partial charge in [0.25, 0.3) is 0 Å². The van der Waals surface area contributed by atoms with Crippen molar-refractivity contribution in [2.24, 2.45) is 0 Å². The van der Waals surface area contributed by atoms with E-state index in [0.717, 1.165) is 0 Å². The first-order chi connectivity index (χ1) is 11.3. The third-order valence-electron chi connectivity index (χ3n) is 4.87. The number of rotatable bonds is 4. The predicted molar refractivity (Wildman–Crippen MR) is 114 cm³/mol. The number of nitrogens with zero attached hydrogens (tertiary/aromatic N) is 2. The molecule has 1 aliphatic heterocycles. The topological polar surface area (TPSA) is 6.48 Å². The zero-order valence-corrected chi connectivity index (χ0v) is 19.9. The van der Waals surface area contributed by atoms with Crippen LogP contribution in [-0.2, 0) is 0 Å². The van der Waals surface area contributed by atoms with Crippen molar-refractivity contribution >= 4 is 65.9 Å². The van der Waals surface area contributed by atoms with Crippen molar-refractivity contribution in [3.05, 3.63) is 60.7 Å². The highest BCUT2D eigenvalue weighted by molar-refractivity contribution is 7.36. The van der Waals surface area contributed by atoms with E-state index in [-0.39, 0.29) is 0 Å². The fourth-order valence-corrected chi connectivity index (χ4v) is 33.0. The Morgan fingerprint density at radius 3 is 2.04 bits per heavy atom. The van der Waals surface area contributed by atoms with E-state index in [2.05, 4.69) is 94.6 Å². The normalized spacial score (nSPS) is 25.5. The van der Waals surface area contributed by atoms with E-state index in [1.165, 1.54) is 10.4 Å². The van der Waals surface area contributed by atoms with Gasteiger partial charge in [-0.1, -0.05) is 60.7 Å². The molecule has 24 heavy (non-hydrogen) atoms.